The lowest BCUT2D eigenvalue weighted by Gasteiger charge is -2.62. The molecule has 2 saturated carbocycles. The van der Waals surface area contributed by atoms with E-state index in [1.54, 1.807) is 34.8 Å². The fourth-order valence-electron chi connectivity index (χ4n) is 9.58. The highest BCUT2D eigenvalue weighted by molar-refractivity contribution is 6.32. The van der Waals surface area contributed by atoms with E-state index in [-0.39, 0.29) is 24.2 Å². The molecule has 0 amide bonds. The molecule has 8 heteroatoms. The number of aliphatic hydroxyl groups is 1. The molecule has 2 fully saturated rings. The van der Waals surface area contributed by atoms with E-state index in [2.05, 4.69) is 19.9 Å². The summed E-state index contributed by atoms with van der Waals surface area (Å²) in [5.74, 6) is -8.07. The highest BCUT2D eigenvalue weighted by Crippen LogP contribution is 2.64. The minimum Gasteiger partial charge on any atom is -0.507 e. The largest absolute Gasteiger partial charge is 0.507 e. The van der Waals surface area contributed by atoms with Gasteiger partial charge >= 0.3 is 0 Å². The lowest BCUT2D eigenvalue weighted by atomic mass is 9.39. The second kappa shape index (κ2) is 11.5. The number of rotatable bonds is 6. The van der Waals surface area contributed by atoms with Gasteiger partial charge in [0.15, 0.2) is 28.7 Å². The summed E-state index contributed by atoms with van der Waals surface area (Å²) in [4.78, 5) is 70.3. The average molecular weight is 659 g/mol. The fourth-order valence-corrected chi connectivity index (χ4v) is 9.58. The number of methoxy groups -OCH3 is 1. The van der Waals surface area contributed by atoms with E-state index in [1.165, 1.54) is 0 Å². The van der Waals surface area contributed by atoms with Crippen LogP contribution >= 0.6 is 0 Å². The third-order valence-corrected chi connectivity index (χ3v) is 11.4. The molecule has 0 aromatic heterocycles. The van der Waals surface area contributed by atoms with Gasteiger partial charge in [-0.1, -0.05) is 68.4 Å². The van der Waals surface area contributed by atoms with Crippen molar-refractivity contribution in [2.45, 2.75) is 99.5 Å². The van der Waals surface area contributed by atoms with E-state index in [9.17, 15) is 34.2 Å². The second-order valence-electron chi connectivity index (χ2n) is 16.9. The smallest absolute Gasteiger partial charge is 0.190 e. The van der Waals surface area contributed by atoms with Gasteiger partial charge in [-0.15, -0.1) is 0 Å². The maximum Gasteiger partial charge on any atom is 0.190 e. The van der Waals surface area contributed by atoms with Gasteiger partial charge in [0.2, 0.25) is 0 Å². The monoisotopic (exact) mass is 658 g/mol. The summed E-state index contributed by atoms with van der Waals surface area (Å²) in [6, 6.07) is 7.88. The summed E-state index contributed by atoms with van der Waals surface area (Å²) in [6.45, 7) is 18.1. The lowest BCUT2D eigenvalue weighted by Crippen LogP contribution is -2.76. The molecule has 0 saturated heterocycles. The Bertz CT molecular complexity index is 1760. The predicted molar refractivity (Wildman–Crippen MR) is 182 cm³/mol. The van der Waals surface area contributed by atoms with Crippen LogP contribution in [0.2, 0.25) is 0 Å². The minimum atomic E-state index is -2.74. The number of phenolic OH excluding ortho intramolecular Hbond substituents is 1. The molecule has 8 nitrogen and oxygen atoms in total. The van der Waals surface area contributed by atoms with Crippen molar-refractivity contribution in [1.82, 2.24) is 0 Å². The minimum absolute atomic E-state index is 0.000342. The molecule has 3 aliphatic rings. The van der Waals surface area contributed by atoms with Crippen LogP contribution in [0.15, 0.2) is 24.3 Å². The molecule has 0 aliphatic heterocycles. The number of fused-ring (bicyclic) bond motifs is 3. The molecular weight excluding hydrogens is 608 g/mol. The van der Waals surface area contributed by atoms with E-state index in [1.807, 2.05) is 39.0 Å². The number of aromatic hydroxyl groups is 1. The van der Waals surface area contributed by atoms with Crippen molar-refractivity contribution in [2.24, 2.45) is 40.4 Å². The number of ether oxygens (including phenoxy) is 1. The van der Waals surface area contributed by atoms with Crippen molar-refractivity contribution in [1.29, 1.82) is 0 Å². The highest BCUT2D eigenvalue weighted by Gasteiger charge is 2.76. The van der Waals surface area contributed by atoms with Gasteiger partial charge in [-0.05, 0) is 83.7 Å². The Hall–Kier alpha value is -3.65. The molecule has 3 unspecified atom stereocenters. The molecule has 3 aliphatic carbocycles. The zero-order valence-corrected chi connectivity index (χ0v) is 30.2. The molecule has 0 spiro atoms. The molecule has 6 atom stereocenters. The summed E-state index contributed by atoms with van der Waals surface area (Å²) in [7, 11) is 1.58. The summed E-state index contributed by atoms with van der Waals surface area (Å²) in [6.07, 6.45) is 0.965. The second-order valence-corrected chi connectivity index (χ2v) is 16.9. The number of carbonyl (C=O) groups excluding carboxylic acids is 5. The summed E-state index contributed by atoms with van der Waals surface area (Å²) < 4.78 is 5.84. The Morgan fingerprint density at radius 1 is 1.00 bits per heavy atom. The Labute approximate surface area is 283 Å². The van der Waals surface area contributed by atoms with Crippen molar-refractivity contribution >= 4 is 28.9 Å². The first kappa shape index (κ1) is 35.7. The number of hydrogen-bond acceptors (Lipinski definition) is 8. The van der Waals surface area contributed by atoms with Gasteiger partial charge in [0.1, 0.15) is 23.2 Å². The average Bonchev–Trinajstić information content (AvgIpc) is 2.93. The van der Waals surface area contributed by atoms with E-state index in [4.69, 9.17) is 4.74 Å². The maximum absolute atomic E-state index is 14.9. The van der Waals surface area contributed by atoms with Crippen molar-refractivity contribution in [3.05, 3.63) is 46.5 Å². The zero-order chi connectivity index (χ0) is 36.0. The Kier molecular flexibility index (Phi) is 8.52. The summed E-state index contributed by atoms with van der Waals surface area (Å²) >= 11 is 0. The Morgan fingerprint density at radius 2 is 1.62 bits per heavy atom. The standard InChI is InChI=1S/C40H50O8/c1-19(2)14-22-12-13-27(48-11)24(15-22)23-16-26(37(6,7)8)32(42)29-25(23)17-38(9)18-39(10)30(20(3)4)33(43)28(21(5)41)35(45)40(39,47)36(46)31(38)34(29)44/h12-13,15-16,19-20,28,30-31,42,47H,14,17-18H2,1-11H3/t28?,30?,31?,38-,39-,40+/m1/s1. The van der Waals surface area contributed by atoms with Gasteiger partial charge in [-0.25, -0.2) is 0 Å². The third-order valence-electron chi connectivity index (χ3n) is 11.4. The summed E-state index contributed by atoms with van der Waals surface area (Å²) in [5, 5.41) is 24.2. The number of carbonyl (C=O) groups is 5. The Morgan fingerprint density at radius 3 is 2.15 bits per heavy atom. The van der Waals surface area contributed by atoms with E-state index in [0.29, 0.717) is 28.4 Å². The highest BCUT2D eigenvalue weighted by atomic mass is 16.5. The van der Waals surface area contributed by atoms with Crippen LogP contribution in [0.25, 0.3) is 11.1 Å². The Balaban J connectivity index is 1.83. The number of ketones is 5. The van der Waals surface area contributed by atoms with Crippen molar-refractivity contribution in [3.8, 4) is 22.6 Å². The van der Waals surface area contributed by atoms with Crippen molar-refractivity contribution in [2.75, 3.05) is 7.11 Å². The number of hydrogen-bond donors (Lipinski definition) is 2. The SMILES string of the molecule is COc1ccc(CC(C)C)cc1-c1cc(C(C)(C)C)c(O)c2c1C[C@]1(C)C[C@]3(C)C(C(C)C)C(=O)C(C(C)=O)C(=O)[C@]3(O)C(=O)C1C2=O. The molecule has 2 aromatic carbocycles. The number of phenols is 1. The van der Waals surface area contributed by atoms with Gasteiger partial charge in [0, 0.05) is 22.5 Å². The molecular formula is C40H50O8. The summed E-state index contributed by atoms with van der Waals surface area (Å²) in [5.41, 5.74) is -2.46. The van der Waals surface area contributed by atoms with Crippen LogP contribution in [0.5, 0.6) is 11.5 Å². The van der Waals surface area contributed by atoms with Crippen molar-refractivity contribution < 1.29 is 38.9 Å². The van der Waals surface area contributed by atoms with E-state index >= 15 is 0 Å². The quantitative estimate of drug-likeness (QED) is 0.347. The zero-order valence-electron chi connectivity index (χ0n) is 30.2. The molecule has 0 heterocycles. The molecule has 2 N–H and O–H groups in total. The predicted octanol–water partition coefficient (Wildman–Crippen LogP) is 6.26. The van der Waals surface area contributed by atoms with Gasteiger partial charge in [-0.3, -0.25) is 24.0 Å². The van der Waals surface area contributed by atoms with Crippen LogP contribution < -0.4 is 4.74 Å². The fraction of sp³-hybridized carbons (Fsp3) is 0.575. The van der Waals surface area contributed by atoms with E-state index in [0.717, 1.165) is 24.5 Å². The van der Waals surface area contributed by atoms with Gasteiger partial charge < -0.3 is 14.9 Å². The lowest BCUT2D eigenvalue weighted by molar-refractivity contribution is -0.205. The third kappa shape index (κ3) is 4.92. The van der Waals surface area contributed by atoms with Gasteiger partial charge in [-0.2, -0.15) is 0 Å². The molecule has 0 bridgehead atoms. The molecule has 48 heavy (non-hydrogen) atoms. The first-order valence-electron chi connectivity index (χ1n) is 17.0. The number of Topliss-reactive ketones (excluding diaryl/α,β-unsaturated/α-hetero) is 5. The van der Waals surface area contributed by atoms with Crippen molar-refractivity contribution in [3.63, 3.8) is 0 Å². The molecule has 258 valence electrons. The number of benzene rings is 2. The van der Waals surface area contributed by atoms with Crippen LogP contribution in [0.1, 0.15) is 103 Å². The van der Waals surface area contributed by atoms with Crippen LogP contribution in [0.4, 0.5) is 0 Å². The normalized spacial score (nSPS) is 30.3. The maximum atomic E-state index is 14.9. The molecule has 2 aromatic rings. The first-order chi connectivity index (χ1) is 22.1. The van der Waals surface area contributed by atoms with E-state index < -0.39 is 74.4 Å². The topological polar surface area (TPSA) is 135 Å². The van der Waals surface area contributed by atoms with Crippen LogP contribution in [0.3, 0.4) is 0 Å². The van der Waals surface area contributed by atoms with Crippen LogP contribution in [-0.2, 0) is 37.4 Å². The van der Waals surface area contributed by atoms with Crippen LogP contribution in [-0.4, -0.2) is 51.8 Å². The van der Waals surface area contributed by atoms with Gasteiger partial charge in [0.05, 0.1) is 18.6 Å². The molecule has 0 radical (unpaired) electrons. The molecule has 5 rings (SSSR count). The van der Waals surface area contributed by atoms with Gasteiger partial charge in [0.25, 0.3) is 0 Å². The first-order valence-corrected chi connectivity index (χ1v) is 17.0. The van der Waals surface area contributed by atoms with Crippen LogP contribution in [0, 0.1) is 40.4 Å².